The number of nitrogens with two attached hydrogens (primary N) is 1. The predicted molar refractivity (Wildman–Crippen MR) is 71.0 cm³/mol. The smallest absolute Gasteiger partial charge is 0.142 e. The van der Waals surface area contributed by atoms with E-state index in [0.717, 1.165) is 18.4 Å². The summed E-state index contributed by atoms with van der Waals surface area (Å²) in [5.41, 5.74) is 6.57. The number of benzene rings is 1. The molecule has 0 aliphatic heterocycles. The molecule has 18 heavy (non-hydrogen) atoms. The van der Waals surface area contributed by atoms with Gasteiger partial charge in [-0.3, -0.25) is 0 Å². The van der Waals surface area contributed by atoms with Crippen molar-refractivity contribution < 1.29 is 9.13 Å². The van der Waals surface area contributed by atoms with Crippen LogP contribution in [0.25, 0.3) is 0 Å². The molecule has 1 aromatic rings. The molecule has 2 atom stereocenters. The minimum Gasteiger partial charge on any atom is -0.373 e. The third kappa shape index (κ3) is 3.44. The first kappa shape index (κ1) is 13.8. The van der Waals surface area contributed by atoms with Crippen molar-refractivity contribution in [2.75, 3.05) is 6.54 Å². The topological polar surface area (TPSA) is 35.2 Å². The summed E-state index contributed by atoms with van der Waals surface area (Å²) < 4.78 is 19.2. The van der Waals surface area contributed by atoms with Gasteiger partial charge in [-0.1, -0.05) is 30.5 Å². The molecule has 2 N–H and O–H groups in total. The molecule has 2 rings (SSSR count). The zero-order valence-electron chi connectivity index (χ0n) is 10.4. The van der Waals surface area contributed by atoms with Crippen molar-refractivity contribution >= 4 is 11.6 Å². The Labute approximate surface area is 112 Å². The maximum atomic E-state index is 13.3. The Hall–Kier alpha value is -0.640. The molecule has 2 nitrogen and oxygen atoms in total. The first-order valence-corrected chi connectivity index (χ1v) is 6.84. The maximum Gasteiger partial charge on any atom is 0.142 e. The van der Waals surface area contributed by atoms with E-state index in [1.54, 1.807) is 12.1 Å². The first-order chi connectivity index (χ1) is 8.70. The second kappa shape index (κ2) is 6.50. The average molecular weight is 272 g/mol. The number of hydrogen-bond donors (Lipinski definition) is 1. The van der Waals surface area contributed by atoms with Crippen molar-refractivity contribution in [1.29, 1.82) is 0 Å². The van der Waals surface area contributed by atoms with Gasteiger partial charge in [0, 0.05) is 0 Å². The zero-order valence-corrected chi connectivity index (χ0v) is 11.1. The molecule has 0 saturated heterocycles. The average Bonchev–Trinajstić information content (AvgIpc) is 2.40. The van der Waals surface area contributed by atoms with Crippen LogP contribution in [0, 0.1) is 11.7 Å². The van der Waals surface area contributed by atoms with Crippen LogP contribution in [0.1, 0.15) is 31.2 Å². The lowest BCUT2D eigenvalue weighted by atomic mass is 9.86. The van der Waals surface area contributed by atoms with Gasteiger partial charge in [0.15, 0.2) is 0 Å². The van der Waals surface area contributed by atoms with Gasteiger partial charge in [0.1, 0.15) is 5.82 Å². The van der Waals surface area contributed by atoms with Gasteiger partial charge >= 0.3 is 0 Å². The van der Waals surface area contributed by atoms with Crippen molar-refractivity contribution in [3.8, 4) is 0 Å². The van der Waals surface area contributed by atoms with E-state index in [1.165, 1.54) is 18.9 Å². The van der Waals surface area contributed by atoms with E-state index in [9.17, 15) is 4.39 Å². The summed E-state index contributed by atoms with van der Waals surface area (Å²) in [6.07, 6.45) is 4.82. The molecule has 0 bridgehead atoms. The van der Waals surface area contributed by atoms with Gasteiger partial charge < -0.3 is 10.5 Å². The SMILES string of the molecule is NCC1CCCCC1OCc1ccc(Cl)c(F)c1. The molecule has 0 spiro atoms. The number of ether oxygens (including phenoxy) is 1. The normalized spacial score (nSPS) is 24.2. The van der Waals surface area contributed by atoms with Gasteiger partial charge in [0.25, 0.3) is 0 Å². The molecule has 2 unspecified atom stereocenters. The van der Waals surface area contributed by atoms with E-state index in [2.05, 4.69) is 0 Å². The highest BCUT2D eigenvalue weighted by molar-refractivity contribution is 6.30. The van der Waals surface area contributed by atoms with E-state index < -0.39 is 5.82 Å². The molecule has 1 aliphatic carbocycles. The van der Waals surface area contributed by atoms with Crippen LogP contribution >= 0.6 is 11.6 Å². The quantitative estimate of drug-likeness (QED) is 0.909. The van der Waals surface area contributed by atoms with Crippen molar-refractivity contribution in [2.24, 2.45) is 11.7 Å². The highest BCUT2D eigenvalue weighted by atomic mass is 35.5. The second-order valence-corrected chi connectivity index (χ2v) is 5.29. The van der Waals surface area contributed by atoms with Crippen molar-refractivity contribution in [3.05, 3.63) is 34.6 Å². The van der Waals surface area contributed by atoms with Gasteiger partial charge in [0.2, 0.25) is 0 Å². The predicted octanol–water partition coefficient (Wildman–Crippen LogP) is 3.51. The number of rotatable bonds is 4. The summed E-state index contributed by atoms with van der Waals surface area (Å²) in [4.78, 5) is 0. The molecule has 0 heterocycles. The Balaban J connectivity index is 1.91. The van der Waals surface area contributed by atoms with Crippen molar-refractivity contribution in [1.82, 2.24) is 0 Å². The minimum atomic E-state index is -0.392. The summed E-state index contributed by atoms with van der Waals surface area (Å²) in [5.74, 6) is 0.0488. The van der Waals surface area contributed by atoms with Crippen LogP contribution in [0.3, 0.4) is 0 Å². The summed E-state index contributed by atoms with van der Waals surface area (Å²) in [6.45, 7) is 1.09. The van der Waals surface area contributed by atoms with E-state index in [0.29, 0.717) is 19.1 Å². The van der Waals surface area contributed by atoms with Gasteiger partial charge in [-0.05, 0) is 43.0 Å². The Morgan fingerprint density at radius 3 is 2.83 bits per heavy atom. The lowest BCUT2D eigenvalue weighted by Gasteiger charge is -2.30. The molecule has 0 radical (unpaired) electrons. The van der Waals surface area contributed by atoms with Gasteiger partial charge in [-0.15, -0.1) is 0 Å². The molecule has 0 aromatic heterocycles. The molecule has 1 aliphatic rings. The van der Waals surface area contributed by atoms with Crippen LogP contribution in [0.4, 0.5) is 4.39 Å². The molecule has 100 valence electrons. The van der Waals surface area contributed by atoms with Crippen LogP contribution in [0.5, 0.6) is 0 Å². The second-order valence-electron chi connectivity index (χ2n) is 4.88. The lowest BCUT2D eigenvalue weighted by molar-refractivity contribution is -0.0183. The van der Waals surface area contributed by atoms with Crippen LogP contribution in [0.2, 0.25) is 5.02 Å². The molecule has 0 amide bonds. The van der Waals surface area contributed by atoms with Crippen LogP contribution < -0.4 is 5.73 Å². The first-order valence-electron chi connectivity index (χ1n) is 6.46. The summed E-state index contributed by atoms with van der Waals surface area (Å²) >= 11 is 5.64. The molecule has 1 aromatic carbocycles. The largest absolute Gasteiger partial charge is 0.373 e. The maximum absolute atomic E-state index is 13.3. The number of hydrogen-bond acceptors (Lipinski definition) is 2. The van der Waals surface area contributed by atoms with Gasteiger partial charge in [0.05, 0.1) is 17.7 Å². The van der Waals surface area contributed by atoms with Crippen molar-refractivity contribution in [3.63, 3.8) is 0 Å². The monoisotopic (exact) mass is 271 g/mol. The molecular formula is C14H19ClFNO. The molecule has 4 heteroatoms. The summed E-state index contributed by atoms with van der Waals surface area (Å²) in [5, 5.41) is 0.149. The van der Waals surface area contributed by atoms with E-state index in [4.69, 9.17) is 22.1 Å². The Morgan fingerprint density at radius 1 is 1.33 bits per heavy atom. The number of halogens is 2. The fourth-order valence-electron chi connectivity index (χ4n) is 2.50. The van der Waals surface area contributed by atoms with Crippen LogP contribution in [0.15, 0.2) is 18.2 Å². The molecular weight excluding hydrogens is 253 g/mol. The van der Waals surface area contributed by atoms with E-state index in [-0.39, 0.29) is 11.1 Å². The highest BCUT2D eigenvalue weighted by Crippen LogP contribution is 2.27. The standard InChI is InChI=1S/C14H19ClFNO/c15-12-6-5-10(7-13(12)16)9-18-14-4-2-1-3-11(14)8-17/h5-7,11,14H,1-4,8-9,17H2. The van der Waals surface area contributed by atoms with E-state index >= 15 is 0 Å². The Morgan fingerprint density at radius 2 is 2.11 bits per heavy atom. The van der Waals surface area contributed by atoms with Gasteiger partial charge in [-0.25, -0.2) is 4.39 Å². The fraction of sp³-hybridized carbons (Fsp3) is 0.571. The fourth-order valence-corrected chi connectivity index (χ4v) is 2.61. The molecule has 1 saturated carbocycles. The summed E-state index contributed by atoms with van der Waals surface area (Å²) in [6, 6.07) is 4.80. The van der Waals surface area contributed by atoms with Crippen molar-refractivity contribution in [2.45, 2.75) is 38.4 Å². The minimum absolute atomic E-state index is 0.149. The van der Waals surface area contributed by atoms with Crippen LogP contribution in [-0.4, -0.2) is 12.6 Å². The van der Waals surface area contributed by atoms with E-state index in [1.807, 2.05) is 0 Å². The third-order valence-electron chi connectivity index (χ3n) is 3.59. The zero-order chi connectivity index (χ0) is 13.0. The van der Waals surface area contributed by atoms with Gasteiger partial charge in [-0.2, -0.15) is 0 Å². The highest BCUT2D eigenvalue weighted by Gasteiger charge is 2.24. The Bertz CT molecular complexity index is 399. The van der Waals surface area contributed by atoms with Crippen LogP contribution in [-0.2, 0) is 11.3 Å². The molecule has 1 fully saturated rings. The third-order valence-corrected chi connectivity index (χ3v) is 3.90. The summed E-state index contributed by atoms with van der Waals surface area (Å²) in [7, 11) is 0. The lowest BCUT2D eigenvalue weighted by Crippen LogP contribution is -2.33. The Kier molecular flexibility index (Phi) is 4.98.